The summed E-state index contributed by atoms with van der Waals surface area (Å²) in [4.78, 5) is 0. The van der Waals surface area contributed by atoms with E-state index in [1.165, 1.54) is 85.9 Å². The molecule has 0 saturated heterocycles. The number of aromatic nitrogens is 1. The fraction of sp³-hybridized carbons (Fsp3) is 0.258. The molecule has 1 saturated carbocycles. The molecule has 0 atom stereocenters. The first-order valence-corrected chi connectivity index (χ1v) is 12.2. The molecule has 0 N–H and O–H groups in total. The van der Waals surface area contributed by atoms with Gasteiger partial charge in [-0.05, 0) is 71.3 Å². The molecule has 0 amide bonds. The van der Waals surface area contributed by atoms with E-state index in [1.807, 2.05) is 0 Å². The molecule has 1 fully saturated rings. The number of hydrogen-bond acceptors (Lipinski definition) is 1. The van der Waals surface area contributed by atoms with E-state index in [0.29, 0.717) is 5.92 Å². The van der Waals surface area contributed by atoms with Gasteiger partial charge in [0.15, 0.2) is 6.20 Å². The number of nitrogens with zero attached hydrogens (tertiary/aromatic N) is 1. The lowest BCUT2D eigenvalue weighted by Gasteiger charge is -2.25. The lowest BCUT2D eigenvalue weighted by atomic mass is 9.87. The van der Waals surface area contributed by atoms with Crippen molar-refractivity contribution in [3.8, 4) is 22.8 Å². The van der Waals surface area contributed by atoms with Crippen LogP contribution in [0.3, 0.4) is 0 Å². The van der Waals surface area contributed by atoms with E-state index in [2.05, 4.69) is 86.3 Å². The van der Waals surface area contributed by atoms with Crippen molar-refractivity contribution < 1.29 is 9.30 Å². The topological polar surface area (TPSA) is 13.1 Å². The molecule has 0 unspecified atom stereocenters. The highest BCUT2D eigenvalue weighted by atomic mass is 16.5. The lowest BCUT2D eigenvalue weighted by molar-refractivity contribution is -0.659. The fourth-order valence-corrected chi connectivity index (χ4v) is 6.42. The minimum atomic E-state index is 0.712. The third-order valence-electron chi connectivity index (χ3n) is 8.16. The molecular formula is C31H28NO+. The predicted molar refractivity (Wildman–Crippen MR) is 136 cm³/mol. The van der Waals surface area contributed by atoms with Gasteiger partial charge in [0.25, 0.3) is 0 Å². The average molecular weight is 431 g/mol. The van der Waals surface area contributed by atoms with Crippen molar-refractivity contribution in [1.29, 1.82) is 0 Å². The zero-order valence-corrected chi connectivity index (χ0v) is 19.5. The zero-order chi connectivity index (χ0) is 22.3. The van der Waals surface area contributed by atoms with Gasteiger partial charge in [-0.3, -0.25) is 0 Å². The minimum Gasteiger partial charge on any atom is -0.455 e. The van der Waals surface area contributed by atoms with Gasteiger partial charge in [0, 0.05) is 17.0 Å². The summed E-state index contributed by atoms with van der Waals surface area (Å²) < 4.78 is 9.16. The second kappa shape index (κ2) is 6.81. The third-order valence-corrected chi connectivity index (χ3v) is 8.16. The van der Waals surface area contributed by atoms with Crippen molar-refractivity contribution in [2.24, 2.45) is 7.05 Å². The summed E-state index contributed by atoms with van der Waals surface area (Å²) in [6, 6.07) is 20.4. The van der Waals surface area contributed by atoms with E-state index in [-0.39, 0.29) is 0 Å². The number of ether oxygens (including phenoxy) is 1. The first-order valence-electron chi connectivity index (χ1n) is 12.2. The van der Waals surface area contributed by atoms with Gasteiger partial charge < -0.3 is 4.74 Å². The van der Waals surface area contributed by atoms with Crippen LogP contribution in [0.2, 0.25) is 0 Å². The van der Waals surface area contributed by atoms with Crippen molar-refractivity contribution in [3.05, 3.63) is 77.5 Å². The average Bonchev–Trinajstić information content (AvgIpc) is 3.39. The number of hydrogen-bond donors (Lipinski definition) is 0. The van der Waals surface area contributed by atoms with Gasteiger partial charge in [-0.25, -0.2) is 4.57 Å². The van der Waals surface area contributed by atoms with Crippen molar-refractivity contribution in [1.82, 2.24) is 0 Å². The Morgan fingerprint density at radius 3 is 2.33 bits per heavy atom. The molecule has 0 radical (unpaired) electrons. The highest BCUT2D eigenvalue weighted by Crippen LogP contribution is 2.52. The highest BCUT2D eigenvalue weighted by molar-refractivity contribution is 6.13. The maximum Gasteiger partial charge on any atom is 0.228 e. The van der Waals surface area contributed by atoms with Crippen LogP contribution in [0.15, 0.2) is 60.8 Å². The molecule has 4 aromatic carbocycles. The largest absolute Gasteiger partial charge is 0.455 e. The molecule has 2 heteroatoms. The van der Waals surface area contributed by atoms with Crippen LogP contribution >= 0.6 is 0 Å². The summed E-state index contributed by atoms with van der Waals surface area (Å²) >= 11 is 0. The van der Waals surface area contributed by atoms with Crippen LogP contribution in [-0.2, 0) is 7.05 Å². The van der Waals surface area contributed by atoms with Crippen LogP contribution in [0.5, 0.6) is 11.5 Å². The number of benzene rings is 4. The third kappa shape index (κ3) is 2.58. The predicted octanol–water partition coefficient (Wildman–Crippen LogP) is 8.02. The van der Waals surface area contributed by atoms with E-state index in [9.17, 15) is 0 Å². The van der Waals surface area contributed by atoms with Crippen LogP contribution in [-0.4, -0.2) is 0 Å². The SMILES string of the molecule is Cc1c2c(c(C)c3ccccc13)-c1c3c(c4ccc(C5CCCC5)cc4cc3cc[n+]1C)O2. The van der Waals surface area contributed by atoms with Gasteiger partial charge in [0.1, 0.15) is 18.5 Å². The van der Waals surface area contributed by atoms with Crippen LogP contribution in [0.1, 0.15) is 48.3 Å². The Hall–Kier alpha value is -3.39. The summed E-state index contributed by atoms with van der Waals surface area (Å²) in [5.41, 5.74) is 6.48. The highest BCUT2D eigenvalue weighted by Gasteiger charge is 2.33. The Morgan fingerprint density at radius 1 is 0.788 bits per heavy atom. The Kier molecular flexibility index (Phi) is 3.94. The molecule has 1 aliphatic carbocycles. The van der Waals surface area contributed by atoms with Gasteiger partial charge in [-0.15, -0.1) is 0 Å². The van der Waals surface area contributed by atoms with Crippen LogP contribution in [0, 0.1) is 13.8 Å². The number of fused-ring (bicyclic) bond motifs is 5. The van der Waals surface area contributed by atoms with E-state index >= 15 is 0 Å². The normalized spacial score (nSPS) is 15.4. The minimum absolute atomic E-state index is 0.712. The van der Waals surface area contributed by atoms with Crippen LogP contribution in [0.4, 0.5) is 0 Å². The van der Waals surface area contributed by atoms with E-state index in [4.69, 9.17) is 4.74 Å². The molecule has 2 aliphatic rings. The van der Waals surface area contributed by atoms with E-state index in [0.717, 1.165) is 11.5 Å². The van der Waals surface area contributed by atoms with Crippen molar-refractivity contribution in [2.45, 2.75) is 45.4 Å². The van der Waals surface area contributed by atoms with Crippen LogP contribution < -0.4 is 9.30 Å². The van der Waals surface area contributed by atoms with Gasteiger partial charge in [-0.2, -0.15) is 0 Å². The van der Waals surface area contributed by atoms with Gasteiger partial charge in [0.2, 0.25) is 5.69 Å². The molecule has 2 heterocycles. The summed E-state index contributed by atoms with van der Waals surface area (Å²) in [6.45, 7) is 4.44. The molecule has 2 nitrogen and oxygen atoms in total. The van der Waals surface area contributed by atoms with E-state index < -0.39 is 0 Å². The Labute approximate surface area is 194 Å². The van der Waals surface area contributed by atoms with Crippen molar-refractivity contribution in [2.75, 3.05) is 0 Å². The lowest BCUT2D eigenvalue weighted by Crippen LogP contribution is -2.32. The second-order valence-corrected chi connectivity index (χ2v) is 10.0. The maximum absolute atomic E-state index is 6.89. The van der Waals surface area contributed by atoms with Gasteiger partial charge in [-0.1, -0.05) is 55.3 Å². The first kappa shape index (κ1) is 19.1. The molecule has 33 heavy (non-hydrogen) atoms. The quantitative estimate of drug-likeness (QED) is 0.190. The Bertz CT molecular complexity index is 1620. The monoisotopic (exact) mass is 430 g/mol. The Balaban J connectivity index is 1.59. The maximum atomic E-state index is 6.89. The molecule has 5 aromatic rings. The molecule has 1 aliphatic heterocycles. The smallest absolute Gasteiger partial charge is 0.228 e. The number of aryl methyl sites for hydroxylation is 3. The number of pyridine rings is 1. The number of rotatable bonds is 1. The summed E-state index contributed by atoms with van der Waals surface area (Å²) in [7, 11) is 2.16. The second-order valence-electron chi connectivity index (χ2n) is 10.0. The van der Waals surface area contributed by atoms with Crippen molar-refractivity contribution >= 4 is 32.3 Å². The summed E-state index contributed by atoms with van der Waals surface area (Å²) in [5, 5.41) is 7.57. The molecule has 162 valence electrons. The van der Waals surface area contributed by atoms with Gasteiger partial charge in [0.05, 0.1) is 10.9 Å². The summed E-state index contributed by atoms with van der Waals surface area (Å²) in [5.74, 6) is 2.73. The molecule has 7 rings (SSSR count). The fourth-order valence-electron chi connectivity index (χ4n) is 6.42. The summed E-state index contributed by atoms with van der Waals surface area (Å²) in [6.07, 6.45) is 7.56. The molecule has 1 aromatic heterocycles. The standard InChI is InChI=1S/C31H28NO/c1-18-24-10-6-7-11-25(24)19(2)30-27(18)29-28-22(14-15-32(29)3)17-23-16-21(20-8-4-5-9-20)12-13-26(23)31(28)33-30/h6-7,10-17,20H,4-5,8-9H2,1-3H3/q+1. The van der Waals surface area contributed by atoms with Crippen LogP contribution in [0.25, 0.3) is 43.6 Å². The molecule has 0 bridgehead atoms. The van der Waals surface area contributed by atoms with Crippen molar-refractivity contribution in [3.63, 3.8) is 0 Å². The van der Waals surface area contributed by atoms with E-state index in [1.54, 1.807) is 0 Å². The molecule has 0 spiro atoms. The first-order chi connectivity index (χ1) is 16.1. The molecular weight excluding hydrogens is 402 g/mol. The van der Waals surface area contributed by atoms with Gasteiger partial charge >= 0.3 is 0 Å². The zero-order valence-electron chi connectivity index (χ0n) is 19.5. The Morgan fingerprint density at radius 2 is 1.55 bits per heavy atom.